The Kier molecular flexibility index (Phi) is 5.37. The van der Waals surface area contributed by atoms with Crippen molar-refractivity contribution in [1.82, 2.24) is 10.6 Å². The van der Waals surface area contributed by atoms with Gasteiger partial charge in [0.25, 0.3) is 0 Å². The van der Waals surface area contributed by atoms with Crippen LogP contribution in [0.25, 0.3) is 0 Å². The molecular formula is C11H20N2O4. The molecule has 0 spiro atoms. The van der Waals surface area contributed by atoms with Crippen LogP contribution in [-0.2, 0) is 9.59 Å². The summed E-state index contributed by atoms with van der Waals surface area (Å²) in [5.74, 6) is -1.06. The fraction of sp³-hybridized carbons (Fsp3) is 0.818. The number of amides is 1. The minimum absolute atomic E-state index is 0.343. The third-order valence-corrected chi connectivity index (χ3v) is 3.20. The zero-order valence-corrected chi connectivity index (χ0v) is 9.98. The molecular weight excluding hydrogens is 224 g/mol. The number of rotatable bonds is 5. The van der Waals surface area contributed by atoms with Crippen LogP contribution in [0.2, 0.25) is 0 Å². The zero-order valence-electron chi connectivity index (χ0n) is 9.98. The number of carboxylic acids is 1. The molecule has 17 heavy (non-hydrogen) atoms. The minimum Gasteiger partial charge on any atom is -0.480 e. The monoisotopic (exact) mass is 244 g/mol. The van der Waals surface area contributed by atoms with Gasteiger partial charge in [-0.2, -0.15) is 0 Å². The molecule has 0 aliphatic carbocycles. The molecule has 1 saturated heterocycles. The summed E-state index contributed by atoms with van der Waals surface area (Å²) in [7, 11) is 0. The lowest BCUT2D eigenvalue weighted by Crippen LogP contribution is -2.53. The molecule has 1 rings (SSSR count). The van der Waals surface area contributed by atoms with Crippen LogP contribution in [0.1, 0.15) is 26.2 Å². The van der Waals surface area contributed by atoms with E-state index in [2.05, 4.69) is 17.6 Å². The number of hydrogen-bond acceptors (Lipinski definition) is 4. The quantitative estimate of drug-likeness (QED) is 0.514. The van der Waals surface area contributed by atoms with Crippen LogP contribution in [0.3, 0.4) is 0 Å². The van der Waals surface area contributed by atoms with Crippen LogP contribution in [0.15, 0.2) is 0 Å². The Hall–Kier alpha value is -1.14. The summed E-state index contributed by atoms with van der Waals surface area (Å²) in [5, 5.41) is 22.9. The molecule has 1 fully saturated rings. The molecule has 0 bridgehead atoms. The van der Waals surface area contributed by atoms with Gasteiger partial charge in [-0.15, -0.1) is 0 Å². The third kappa shape index (κ3) is 3.98. The molecule has 1 amide bonds. The van der Waals surface area contributed by atoms with Crippen LogP contribution in [0, 0.1) is 5.92 Å². The van der Waals surface area contributed by atoms with Gasteiger partial charge in [0.2, 0.25) is 5.91 Å². The van der Waals surface area contributed by atoms with E-state index in [4.69, 9.17) is 10.2 Å². The highest BCUT2D eigenvalue weighted by molar-refractivity contribution is 5.87. The van der Waals surface area contributed by atoms with Gasteiger partial charge in [-0.3, -0.25) is 4.79 Å². The van der Waals surface area contributed by atoms with E-state index < -0.39 is 18.6 Å². The molecule has 2 unspecified atom stereocenters. The average molecular weight is 244 g/mol. The maximum atomic E-state index is 11.8. The van der Waals surface area contributed by atoms with Crippen molar-refractivity contribution in [3.8, 4) is 0 Å². The molecule has 98 valence electrons. The highest BCUT2D eigenvalue weighted by atomic mass is 16.4. The summed E-state index contributed by atoms with van der Waals surface area (Å²) in [5.41, 5.74) is 0. The first-order valence-corrected chi connectivity index (χ1v) is 5.95. The number of aliphatic hydroxyl groups is 1. The van der Waals surface area contributed by atoms with E-state index in [0.717, 1.165) is 25.8 Å². The van der Waals surface area contributed by atoms with Crippen LogP contribution in [0.4, 0.5) is 0 Å². The van der Waals surface area contributed by atoms with Crippen molar-refractivity contribution < 1.29 is 19.8 Å². The third-order valence-electron chi connectivity index (χ3n) is 3.20. The maximum absolute atomic E-state index is 11.8. The van der Waals surface area contributed by atoms with Crippen molar-refractivity contribution in [3.05, 3.63) is 0 Å². The molecule has 1 aliphatic rings. The number of nitrogens with one attached hydrogen (secondary N) is 2. The van der Waals surface area contributed by atoms with Crippen molar-refractivity contribution in [1.29, 1.82) is 0 Å². The van der Waals surface area contributed by atoms with Crippen molar-refractivity contribution in [2.75, 3.05) is 13.2 Å². The molecule has 1 aliphatic heterocycles. The van der Waals surface area contributed by atoms with Crippen molar-refractivity contribution in [2.24, 2.45) is 5.92 Å². The zero-order chi connectivity index (χ0) is 12.8. The summed E-state index contributed by atoms with van der Waals surface area (Å²) in [6.45, 7) is 2.26. The van der Waals surface area contributed by atoms with Crippen LogP contribution in [0.5, 0.6) is 0 Å². The lowest BCUT2D eigenvalue weighted by atomic mass is 9.90. The number of carbonyl (C=O) groups is 2. The normalized spacial score (nSPS) is 26.2. The molecule has 6 heteroatoms. The fourth-order valence-corrected chi connectivity index (χ4v) is 2.02. The number of piperidine rings is 1. The molecule has 0 saturated carbocycles. The summed E-state index contributed by atoms with van der Waals surface area (Å²) >= 11 is 0. The van der Waals surface area contributed by atoms with Crippen LogP contribution >= 0.6 is 0 Å². The summed E-state index contributed by atoms with van der Waals surface area (Å²) < 4.78 is 0. The second kappa shape index (κ2) is 6.56. The number of aliphatic carboxylic acids is 1. The Balaban J connectivity index is 2.48. The summed E-state index contributed by atoms with van der Waals surface area (Å²) in [6.07, 6.45) is 2.79. The van der Waals surface area contributed by atoms with Gasteiger partial charge in [0.05, 0.1) is 12.6 Å². The summed E-state index contributed by atoms with van der Waals surface area (Å²) in [6, 6.07) is -1.56. The second-order valence-electron chi connectivity index (χ2n) is 4.39. The first kappa shape index (κ1) is 13.9. The minimum atomic E-state index is -1.22. The SMILES string of the molecule is CCC1CCNC(C(=O)N[C@@H](CO)C(=O)O)C1. The number of carboxylic acid groups (broad SMARTS) is 1. The first-order valence-electron chi connectivity index (χ1n) is 5.95. The van der Waals surface area contributed by atoms with Gasteiger partial charge >= 0.3 is 5.97 Å². The van der Waals surface area contributed by atoms with Gasteiger partial charge in [-0.1, -0.05) is 13.3 Å². The molecule has 1 heterocycles. The molecule has 0 aromatic heterocycles. The van der Waals surface area contributed by atoms with E-state index in [1.807, 2.05) is 0 Å². The van der Waals surface area contributed by atoms with Gasteiger partial charge < -0.3 is 20.8 Å². The van der Waals surface area contributed by atoms with Gasteiger partial charge in [0.1, 0.15) is 6.04 Å². The highest BCUT2D eigenvalue weighted by Crippen LogP contribution is 2.19. The predicted octanol–water partition coefficient (Wildman–Crippen LogP) is -0.674. The van der Waals surface area contributed by atoms with E-state index in [0.29, 0.717) is 5.92 Å². The van der Waals surface area contributed by atoms with Crippen molar-refractivity contribution in [3.63, 3.8) is 0 Å². The van der Waals surface area contributed by atoms with E-state index in [1.54, 1.807) is 0 Å². The fourth-order valence-electron chi connectivity index (χ4n) is 2.02. The van der Waals surface area contributed by atoms with Crippen molar-refractivity contribution in [2.45, 2.75) is 38.3 Å². The van der Waals surface area contributed by atoms with E-state index in [-0.39, 0.29) is 11.9 Å². The molecule has 3 atom stereocenters. The summed E-state index contributed by atoms with van der Waals surface area (Å²) in [4.78, 5) is 22.5. The largest absolute Gasteiger partial charge is 0.480 e. The predicted molar refractivity (Wildman–Crippen MR) is 61.5 cm³/mol. The van der Waals surface area contributed by atoms with Gasteiger partial charge in [0, 0.05) is 0 Å². The number of hydrogen-bond donors (Lipinski definition) is 4. The Labute approximate surface area is 100 Å². The van der Waals surface area contributed by atoms with Crippen molar-refractivity contribution >= 4 is 11.9 Å². The van der Waals surface area contributed by atoms with E-state index in [1.165, 1.54) is 0 Å². The Morgan fingerprint density at radius 2 is 2.24 bits per heavy atom. The highest BCUT2D eigenvalue weighted by Gasteiger charge is 2.28. The van der Waals surface area contributed by atoms with Gasteiger partial charge in [-0.05, 0) is 25.3 Å². The van der Waals surface area contributed by atoms with E-state index in [9.17, 15) is 9.59 Å². The van der Waals surface area contributed by atoms with Gasteiger partial charge in [0.15, 0.2) is 0 Å². The van der Waals surface area contributed by atoms with E-state index >= 15 is 0 Å². The Morgan fingerprint density at radius 3 is 2.76 bits per heavy atom. The Bertz CT molecular complexity index is 283. The molecule has 4 N–H and O–H groups in total. The molecule has 0 radical (unpaired) electrons. The smallest absolute Gasteiger partial charge is 0.328 e. The van der Waals surface area contributed by atoms with Gasteiger partial charge in [-0.25, -0.2) is 4.79 Å². The lowest BCUT2D eigenvalue weighted by molar-refractivity contribution is -0.143. The standard InChI is InChI=1S/C11H20N2O4/c1-2-7-3-4-12-8(5-7)10(15)13-9(6-14)11(16)17/h7-9,12,14H,2-6H2,1H3,(H,13,15)(H,16,17)/t7?,8?,9-/m0/s1. The molecule has 0 aromatic rings. The molecule has 6 nitrogen and oxygen atoms in total. The topological polar surface area (TPSA) is 98.7 Å². The lowest BCUT2D eigenvalue weighted by Gasteiger charge is -2.29. The van der Waals surface area contributed by atoms with Crippen LogP contribution in [-0.4, -0.2) is 47.3 Å². The Morgan fingerprint density at radius 1 is 1.53 bits per heavy atom. The first-order chi connectivity index (χ1) is 8.08. The molecule has 0 aromatic carbocycles. The number of aliphatic hydroxyl groups excluding tert-OH is 1. The van der Waals surface area contributed by atoms with Crippen LogP contribution < -0.4 is 10.6 Å². The average Bonchev–Trinajstić information content (AvgIpc) is 2.35. The number of carbonyl (C=O) groups excluding carboxylic acids is 1. The maximum Gasteiger partial charge on any atom is 0.328 e. The second-order valence-corrected chi connectivity index (χ2v) is 4.39.